The molecule has 1 aliphatic rings. The highest BCUT2D eigenvalue weighted by molar-refractivity contribution is 6.34. The minimum atomic E-state index is -0.510. The maximum atomic E-state index is 12.3. The monoisotopic (exact) mass is 329 g/mol. The van der Waals surface area contributed by atoms with Gasteiger partial charge in [-0.2, -0.15) is 0 Å². The molecule has 0 saturated heterocycles. The standard InChI is InChI=1S/C16H21Cl2NO2/c1-2-21-16(20)15(19-14-6-4-3-5-7-14)11-8-12(17)10-13(18)9-11/h8-10,14-15,19H,2-7H2,1H3. The summed E-state index contributed by atoms with van der Waals surface area (Å²) in [7, 11) is 0. The van der Waals surface area contributed by atoms with E-state index in [9.17, 15) is 4.79 Å². The molecule has 0 spiro atoms. The van der Waals surface area contributed by atoms with E-state index < -0.39 is 6.04 Å². The molecule has 1 aromatic carbocycles. The summed E-state index contributed by atoms with van der Waals surface area (Å²) in [5.74, 6) is -0.276. The van der Waals surface area contributed by atoms with Crippen molar-refractivity contribution in [2.45, 2.75) is 51.1 Å². The van der Waals surface area contributed by atoms with Crippen LogP contribution in [0.4, 0.5) is 0 Å². The number of hydrogen-bond donors (Lipinski definition) is 1. The molecule has 1 unspecified atom stereocenters. The molecule has 2 rings (SSSR count). The Morgan fingerprint density at radius 2 is 1.86 bits per heavy atom. The summed E-state index contributed by atoms with van der Waals surface area (Å²) in [4.78, 5) is 12.3. The van der Waals surface area contributed by atoms with Gasteiger partial charge in [-0.15, -0.1) is 0 Å². The van der Waals surface area contributed by atoms with E-state index in [1.54, 1.807) is 25.1 Å². The van der Waals surface area contributed by atoms with Gasteiger partial charge in [0.1, 0.15) is 6.04 Å². The summed E-state index contributed by atoms with van der Waals surface area (Å²) >= 11 is 12.1. The van der Waals surface area contributed by atoms with Crippen molar-refractivity contribution in [1.82, 2.24) is 5.32 Å². The summed E-state index contributed by atoms with van der Waals surface area (Å²) in [6, 6.07) is 5.03. The van der Waals surface area contributed by atoms with Gasteiger partial charge in [-0.25, -0.2) is 4.79 Å². The lowest BCUT2D eigenvalue weighted by atomic mass is 9.94. The van der Waals surface area contributed by atoms with Gasteiger partial charge in [-0.05, 0) is 43.5 Å². The number of nitrogens with one attached hydrogen (secondary N) is 1. The first-order valence-electron chi connectivity index (χ1n) is 7.49. The molecule has 0 amide bonds. The van der Waals surface area contributed by atoms with Crippen LogP contribution in [0, 0.1) is 0 Å². The van der Waals surface area contributed by atoms with E-state index in [1.807, 2.05) is 0 Å². The number of ether oxygens (including phenoxy) is 1. The molecule has 1 saturated carbocycles. The van der Waals surface area contributed by atoms with Gasteiger partial charge in [0, 0.05) is 16.1 Å². The fraction of sp³-hybridized carbons (Fsp3) is 0.562. The number of rotatable bonds is 5. The number of esters is 1. The Labute approximate surface area is 136 Å². The predicted molar refractivity (Wildman–Crippen MR) is 85.8 cm³/mol. The van der Waals surface area contributed by atoms with Crippen LogP contribution in [0.3, 0.4) is 0 Å². The van der Waals surface area contributed by atoms with Gasteiger partial charge in [0.25, 0.3) is 0 Å². The van der Waals surface area contributed by atoms with Gasteiger partial charge in [0.2, 0.25) is 0 Å². The normalized spacial score (nSPS) is 17.5. The maximum Gasteiger partial charge on any atom is 0.327 e. The van der Waals surface area contributed by atoms with Crippen LogP contribution >= 0.6 is 23.2 Å². The third-order valence-electron chi connectivity index (χ3n) is 3.75. The van der Waals surface area contributed by atoms with E-state index in [1.165, 1.54) is 19.3 Å². The highest BCUT2D eigenvalue weighted by atomic mass is 35.5. The van der Waals surface area contributed by atoms with Crippen LogP contribution in [-0.4, -0.2) is 18.6 Å². The third-order valence-corrected chi connectivity index (χ3v) is 4.18. The second kappa shape index (κ2) is 8.02. The van der Waals surface area contributed by atoms with Crippen molar-refractivity contribution in [2.75, 3.05) is 6.61 Å². The molecular formula is C16H21Cl2NO2. The Kier molecular flexibility index (Phi) is 6.34. The van der Waals surface area contributed by atoms with Crippen molar-refractivity contribution >= 4 is 29.2 Å². The van der Waals surface area contributed by atoms with Gasteiger partial charge < -0.3 is 4.74 Å². The Morgan fingerprint density at radius 3 is 2.43 bits per heavy atom. The van der Waals surface area contributed by atoms with Crippen molar-refractivity contribution in [3.8, 4) is 0 Å². The predicted octanol–water partition coefficient (Wildman–Crippen LogP) is 4.52. The molecule has 21 heavy (non-hydrogen) atoms. The molecule has 0 bridgehead atoms. The highest BCUT2D eigenvalue weighted by Crippen LogP contribution is 2.27. The van der Waals surface area contributed by atoms with Gasteiger partial charge in [0.15, 0.2) is 0 Å². The molecule has 1 aliphatic carbocycles. The zero-order valence-corrected chi connectivity index (χ0v) is 13.7. The zero-order valence-electron chi connectivity index (χ0n) is 12.2. The van der Waals surface area contributed by atoms with Gasteiger partial charge >= 0.3 is 5.97 Å². The summed E-state index contributed by atoms with van der Waals surface area (Å²) in [6.45, 7) is 2.16. The Bertz CT molecular complexity index is 467. The Morgan fingerprint density at radius 1 is 1.24 bits per heavy atom. The summed E-state index contributed by atoms with van der Waals surface area (Å²) in [5, 5.41) is 4.47. The van der Waals surface area contributed by atoms with Crippen LogP contribution < -0.4 is 5.32 Å². The fourth-order valence-electron chi connectivity index (χ4n) is 2.77. The Hall–Kier alpha value is -0.770. The van der Waals surface area contributed by atoms with Crippen molar-refractivity contribution in [3.05, 3.63) is 33.8 Å². The highest BCUT2D eigenvalue weighted by Gasteiger charge is 2.26. The van der Waals surface area contributed by atoms with Gasteiger partial charge in [-0.1, -0.05) is 42.5 Å². The average molecular weight is 330 g/mol. The van der Waals surface area contributed by atoms with E-state index in [2.05, 4.69) is 5.32 Å². The summed E-state index contributed by atoms with van der Waals surface area (Å²) in [5.41, 5.74) is 0.761. The molecule has 1 N–H and O–H groups in total. The topological polar surface area (TPSA) is 38.3 Å². The second-order valence-electron chi connectivity index (χ2n) is 5.39. The van der Waals surface area contributed by atoms with Crippen molar-refractivity contribution in [3.63, 3.8) is 0 Å². The van der Waals surface area contributed by atoms with Crippen LogP contribution in [0.5, 0.6) is 0 Å². The zero-order chi connectivity index (χ0) is 15.2. The molecule has 0 aromatic heterocycles. The molecule has 1 aromatic rings. The largest absolute Gasteiger partial charge is 0.465 e. The molecule has 0 heterocycles. The van der Waals surface area contributed by atoms with Crippen LogP contribution in [0.15, 0.2) is 18.2 Å². The lowest BCUT2D eigenvalue weighted by Gasteiger charge is -2.27. The number of halogens is 2. The van der Waals surface area contributed by atoms with E-state index in [-0.39, 0.29) is 5.97 Å². The van der Waals surface area contributed by atoms with Crippen molar-refractivity contribution < 1.29 is 9.53 Å². The van der Waals surface area contributed by atoms with Gasteiger partial charge in [0.05, 0.1) is 6.61 Å². The number of benzene rings is 1. The molecule has 1 atom stereocenters. The molecule has 0 aliphatic heterocycles. The molecular weight excluding hydrogens is 309 g/mol. The SMILES string of the molecule is CCOC(=O)C(NC1CCCCC1)c1cc(Cl)cc(Cl)c1. The van der Waals surface area contributed by atoms with E-state index in [4.69, 9.17) is 27.9 Å². The number of carbonyl (C=O) groups excluding carboxylic acids is 1. The minimum Gasteiger partial charge on any atom is -0.465 e. The molecule has 3 nitrogen and oxygen atoms in total. The fourth-order valence-corrected chi connectivity index (χ4v) is 3.32. The second-order valence-corrected chi connectivity index (χ2v) is 6.26. The molecule has 1 fully saturated rings. The van der Waals surface area contributed by atoms with Crippen LogP contribution in [0.2, 0.25) is 10.0 Å². The number of hydrogen-bond acceptors (Lipinski definition) is 3. The molecule has 116 valence electrons. The lowest BCUT2D eigenvalue weighted by molar-refractivity contribution is -0.146. The third kappa shape index (κ3) is 4.87. The number of carbonyl (C=O) groups is 1. The lowest BCUT2D eigenvalue weighted by Crippen LogP contribution is -2.39. The summed E-state index contributed by atoms with van der Waals surface area (Å²) < 4.78 is 5.19. The first-order valence-corrected chi connectivity index (χ1v) is 8.24. The van der Waals surface area contributed by atoms with Gasteiger partial charge in [-0.3, -0.25) is 5.32 Å². The maximum absolute atomic E-state index is 12.3. The van der Waals surface area contributed by atoms with Crippen LogP contribution in [0.25, 0.3) is 0 Å². The Balaban J connectivity index is 2.19. The minimum absolute atomic E-state index is 0.276. The van der Waals surface area contributed by atoms with Crippen LogP contribution in [-0.2, 0) is 9.53 Å². The summed E-state index contributed by atoms with van der Waals surface area (Å²) in [6.07, 6.45) is 5.84. The average Bonchev–Trinajstić information content (AvgIpc) is 2.45. The van der Waals surface area contributed by atoms with E-state index in [0.717, 1.165) is 18.4 Å². The smallest absolute Gasteiger partial charge is 0.327 e. The first kappa shape index (κ1) is 16.6. The van der Waals surface area contributed by atoms with Crippen LogP contribution in [0.1, 0.15) is 50.6 Å². The molecule has 0 radical (unpaired) electrons. The molecule has 5 heteroatoms. The van der Waals surface area contributed by atoms with Crippen molar-refractivity contribution in [2.24, 2.45) is 0 Å². The quantitative estimate of drug-likeness (QED) is 0.807. The first-order chi connectivity index (χ1) is 10.1. The van der Waals surface area contributed by atoms with E-state index >= 15 is 0 Å². The van der Waals surface area contributed by atoms with E-state index in [0.29, 0.717) is 22.7 Å². The van der Waals surface area contributed by atoms with Crippen molar-refractivity contribution in [1.29, 1.82) is 0 Å².